The molecule has 0 bridgehead atoms. The Kier molecular flexibility index (Phi) is 7.36. The number of hydrogen-bond donors (Lipinski definition) is 2. The van der Waals surface area contributed by atoms with E-state index in [1.54, 1.807) is 29.4 Å². The van der Waals surface area contributed by atoms with Crippen molar-refractivity contribution in [1.82, 2.24) is 20.2 Å². The zero-order valence-electron chi connectivity index (χ0n) is 19.8. The van der Waals surface area contributed by atoms with Crippen LogP contribution < -0.4 is 20.3 Å². The Bertz CT molecular complexity index is 1310. The average Bonchev–Trinajstić information content (AvgIpc) is 3.44. The van der Waals surface area contributed by atoms with Crippen LogP contribution in [0.4, 0.5) is 21.2 Å². The SMILES string of the molecule is O=C1NC(=O)C(=Cc2cc(OCc3ccco3)nc(N3CCCN(C(=O)Nc4ccccc4)CC3)n2)S1. The number of thioether (sulfide) groups is 1. The number of rotatable bonds is 6. The molecule has 3 aromatic rings. The van der Waals surface area contributed by atoms with Crippen LogP contribution in [0.3, 0.4) is 0 Å². The molecule has 4 amide bonds. The van der Waals surface area contributed by atoms with E-state index in [1.165, 1.54) is 6.08 Å². The van der Waals surface area contributed by atoms with Crippen molar-refractivity contribution >= 4 is 46.7 Å². The molecule has 0 unspecified atom stereocenters. The standard InChI is InChI=1S/C25H24N6O5S/c32-22-20(37-25(34)29-22)14-18-15-21(36-16-19-8-4-13-35-19)28-23(26-18)30-9-5-10-31(12-11-30)24(33)27-17-6-2-1-3-7-17/h1-4,6-8,13-15H,5,9-12,16H2,(H,27,33)(H,29,32,34). The molecule has 0 saturated carbocycles. The number of carbonyl (C=O) groups is 3. The molecular formula is C25H24N6O5S. The third-order valence-electron chi connectivity index (χ3n) is 5.67. The molecule has 12 heteroatoms. The summed E-state index contributed by atoms with van der Waals surface area (Å²) in [6, 6.07) is 14.3. The highest BCUT2D eigenvalue weighted by Crippen LogP contribution is 2.27. The lowest BCUT2D eigenvalue weighted by Crippen LogP contribution is -2.38. The Labute approximate surface area is 216 Å². The van der Waals surface area contributed by atoms with E-state index in [2.05, 4.69) is 20.6 Å². The number of carbonyl (C=O) groups excluding carboxylic acids is 3. The van der Waals surface area contributed by atoms with E-state index in [0.29, 0.717) is 55.9 Å². The molecule has 0 spiro atoms. The second-order valence-electron chi connectivity index (χ2n) is 8.28. The first kappa shape index (κ1) is 24.4. The number of benzene rings is 1. The minimum atomic E-state index is -0.469. The van der Waals surface area contributed by atoms with E-state index in [1.807, 2.05) is 35.2 Å². The molecule has 0 aliphatic carbocycles. The van der Waals surface area contributed by atoms with Gasteiger partial charge in [0.15, 0.2) is 0 Å². The normalized spacial score (nSPS) is 17.0. The fourth-order valence-electron chi connectivity index (χ4n) is 3.86. The van der Waals surface area contributed by atoms with Crippen LogP contribution in [0.25, 0.3) is 6.08 Å². The number of ether oxygens (including phenoxy) is 1. The first-order valence-corrected chi connectivity index (χ1v) is 12.5. The maximum absolute atomic E-state index is 12.8. The Balaban J connectivity index is 1.33. The van der Waals surface area contributed by atoms with Gasteiger partial charge in [-0.25, -0.2) is 9.78 Å². The summed E-state index contributed by atoms with van der Waals surface area (Å²) in [6.07, 6.45) is 3.81. The van der Waals surface area contributed by atoms with Crippen molar-refractivity contribution in [1.29, 1.82) is 0 Å². The smallest absolute Gasteiger partial charge is 0.321 e. The van der Waals surface area contributed by atoms with Gasteiger partial charge in [0.2, 0.25) is 11.8 Å². The van der Waals surface area contributed by atoms with E-state index in [9.17, 15) is 14.4 Å². The monoisotopic (exact) mass is 520 g/mol. The van der Waals surface area contributed by atoms with Crippen LogP contribution in [-0.4, -0.2) is 58.2 Å². The van der Waals surface area contributed by atoms with E-state index in [4.69, 9.17) is 9.15 Å². The zero-order chi connectivity index (χ0) is 25.6. The van der Waals surface area contributed by atoms with Crippen molar-refractivity contribution in [3.63, 3.8) is 0 Å². The summed E-state index contributed by atoms with van der Waals surface area (Å²) >= 11 is 0.815. The van der Waals surface area contributed by atoms with Crippen molar-refractivity contribution in [3.8, 4) is 5.88 Å². The van der Waals surface area contributed by atoms with Gasteiger partial charge in [-0.2, -0.15) is 4.98 Å². The summed E-state index contributed by atoms with van der Waals surface area (Å²) in [5, 5.41) is 4.73. The molecule has 0 atom stereocenters. The van der Waals surface area contributed by atoms with Crippen molar-refractivity contribution in [2.75, 3.05) is 36.4 Å². The third kappa shape index (κ3) is 6.28. The molecular weight excluding hydrogens is 496 g/mol. The highest BCUT2D eigenvalue weighted by molar-refractivity contribution is 8.18. The number of imide groups is 1. The molecule has 2 N–H and O–H groups in total. The van der Waals surface area contributed by atoms with Crippen LogP contribution in [0.2, 0.25) is 0 Å². The first-order chi connectivity index (χ1) is 18.0. The van der Waals surface area contributed by atoms with Crippen LogP contribution >= 0.6 is 11.8 Å². The molecule has 1 aromatic carbocycles. The van der Waals surface area contributed by atoms with Gasteiger partial charge in [-0.3, -0.25) is 14.9 Å². The number of amides is 4. The maximum atomic E-state index is 12.8. The van der Waals surface area contributed by atoms with Gasteiger partial charge in [0.1, 0.15) is 12.4 Å². The fourth-order valence-corrected chi connectivity index (χ4v) is 4.53. The van der Waals surface area contributed by atoms with Crippen LogP contribution in [0.1, 0.15) is 17.9 Å². The molecule has 2 aromatic heterocycles. The maximum Gasteiger partial charge on any atom is 0.321 e. The Morgan fingerprint density at radius 2 is 1.97 bits per heavy atom. The number of anilines is 2. The summed E-state index contributed by atoms with van der Waals surface area (Å²) in [5.74, 6) is 0.865. The summed E-state index contributed by atoms with van der Waals surface area (Å²) in [6.45, 7) is 2.36. The lowest BCUT2D eigenvalue weighted by atomic mass is 10.3. The molecule has 2 aliphatic heterocycles. The minimum Gasteiger partial charge on any atom is -0.469 e. The molecule has 11 nitrogen and oxygen atoms in total. The van der Waals surface area contributed by atoms with Crippen molar-refractivity contribution in [2.45, 2.75) is 13.0 Å². The molecule has 2 saturated heterocycles. The number of hydrogen-bond acceptors (Lipinski definition) is 9. The second kappa shape index (κ2) is 11.2. The fraction of sp³-hybridized carbons (Fsp3) is 0.240. The van der Waals surface area contributed by atoms with Gasteiger partial charge in [0, 0.05) is 37.9 Å². The van der Waals surface area contributed by atoms with Crippen LogP contribution in [-0.2, 0) is 11.4 Å². The van der Waals surface area contributed by atoms with Crippen molar-refractivity contribution in [2.24, 2.45) is 0 Å². The molecule has 190 valence electrons. The zero-order valence-corrected chi connectivity index (χ0v) is 20.6. The van der Waals surface area contributed by atoms with E-state index in [-0.39, 0.29) is 17.5 Å². The molecule has 2 aliphatic rings. The molecule has 0 radical (unpaired) electrons. The Hall–Kier alpha value is -4.32. The number of nitrogens with zero attached hydrogens (tertiary/aromatic N) is 4. The van der Waals surface area contributed by atoms with Gasteiger partial charge in [0.05, 0.1) is 16.9 Å². The summed E-state index contributed by atoms with van der Waals surface area (Å²) in [7, 11) is 0. The first-order valence-electron chi connectivity index (χ1n) is 11.7. The number of furan rings is 1. The molecule has 5 rings (SSSR count). The van der Waals surface area contributed by atoms with Gasteiger partial charge in [-0.15, -0.1) is 0 Å². The van der Waals surface area contributed by atoms with Gasteiger partial charge >= 0.3 is 6.03 Å². The van der Waals surface area contributed by atoms with Gasteiger partial charge in [-0.1, -0.05) is 18.2 Å². The van der Waals surface area contributed by atoms with Gasteiger partial charge in [-0.05, 0) is 48.5 Å². The van der Waals surface area contributed by atoms with Crippen LogP contribution in [0.15, 0.2) is 64.1 Å². The summed E-state index contributed by atoms with van der Waals surface area (Å²) in [5.41, 5.74) is 1.16. The Morgan fingerprint density at radius 3 is 2.73 bits per heavy atom. The Morgan fingerprint density at radius 1 is 1.11 bits per heavy atom. The van der Waals surface area contributed by atoms with E-state index < -0.39 is 11.1 Å². The lowest BCUT2D eigenvalue weighted by Gasteiger charge is -2.23. The average molecular weight is 521 g/mol. The van der Waals surface area contributed by atoms with E-state index >= 15 is 0 Å². The summed E-state index contributed by atoms with van der Waals surface area (Å²) in [4.78, 5) is 49.6. The lowest BCUT2D eigenvalue weighted by molar-refractivity contribution is -0.115. The number of aromatic nitrogens is 2. The third-order valence-corrected chi connectivity index (χ3v) is 6.48. The second-order valence-corrected chi connectivity index (χ2v) is 9.29. The van der Waals surface area contributed by atoms with Crippen LogP contribution in [0.5, 0.6) is 5.88 Å². The van der Waals surface area contributed by atoms with E-state index in [0.717, 1.165) is 17.4 Å². The van der Waals surface area contributed by atoms with Crippen LogP contribution in [0, 0.1) is 0 Å². The predicted molar refractivity (Wildman–Crippen MR) is 138 cm³/mol. The van der Waals surface area contributed by atoms with Gasteiger partial charge in [0.25, 0.3) is 11.1 Å². The predicted octanol–water partition coefficient (Wildman–Crippen LogP) is 3.72. The highest BCUT2D eigenvalue weighted by Gasteiger charge is 2.26. The van der Waals surface area contributed by atoms with Gasteiger partial charge < -0.3 is 24.3 Å². The topological polar surface area (TPSA) is 130 Å². The summed E-state index contributed by atoms with van der Waals surface area (Å²) < 4.78 is 11.2. The minimum absolute atomic E-state index is 0.163. The molecule has 2 fully saturated rings. The molecule has 4 heterocycles. The number of urea groups is 1. The van der Waals surface area contributed by atoms with Crippen molar-refractivity contribution < 1.29 is 23.5 Å². The number of para-hydroxylation sites is 1. The quantitative estimate of drug-likeness (QED) is 0.467. The number of nitrogens with one attached hydrogen (secondary N) is 2. The highest BCUT2D eigenvalue weighted by atomic mass is 32.2. The van der Waals surface area contributed by atoms with Crippen molar-refractivity contribution in [3.05, 3.63) is 71.2 Å². The largest absolute Gasteiger partial charge is 0.469 e. The molecule has 37 heavy (non-hydrogen) atoms.